The lowest BCUT2D eigenvalue weighted by Gasteiger charge is -2.07. The number of ether oxygens (including phenoxy) is 1. The van der Waals surface area contributed by atoms with Crippen LogP contribution < -0.4 is 5.32 Å². The molecule has 0 radical (unpaired) electrons. The summed E-state index contributed by atoms with van der Waals surface area (Å²) < 4.78 is 31.4. The van der Waals surface area contributed by atoms with Crippen LogP contribution in [0.15, 0.2) is 48.7 Å². The number of fused-ring (bicyclic) bond motifs is 1. The number of halogens is 2. The molecular weight excluding hydrogens is 342 g/mol. The van der Waals surface area contributed by atoms with Crippen molar-refractivity contribution >= 4 is 28.5 Å². The average molecular weight is 358 g/mol. The summed E-state index contributed by atoms with van der Waals surface area (Å²) in [6, 6.07) is 10.4. The third-order valence-corrected chi connectivity index (χ3v) is 3.84. The Hall–Kier alpha value is -3.22. The van der Waals surface area contributed by atoms with Crippen molar-refractivity contribution in [3.8, 4) is 0 Å². The quantitative estimate of drug-likeness (QED) is 0.662. The van der Waals surface area contributed by atoms with E-state index >= 15 is 0 Å². The molecule has 134 valence electrons. The van der Waals surface area contributed by atoms with Gasteiger partial charge in [0.05, 0.1) is 5.69 Å². The van der Waals surface area contributed by atoms with Crippen molar-refractivity contribution in [3.63, 3.8) is 0 Å². The molecule has 1 heterocycles. The Kier molecular flexibility index (Phi) is 5.26. The van der Waals surface area contributed by atoms with E-state index in [0.29, 0.717) is 6.42 Å². The van der Waals surface area contributed by atoms with Crippen LogP contribution in [0, 0.1) is 11.6 Å². The molecular formula is C19H16F2N2O3. The Balaban J connectivity index is 1.48. The lowest BCUT2D eigenvalue weighted by atomic mass is 10.1. The molecule has 0 saturated carbocycles. The van der Waals surface area contributed by atoms with Crippen molar-refractivity contribution in [1.29, 1.82) is 0 Å². The zero-order valence-corrected chi connectivity index (χ0v) is 13.7. The first-order valence-corrected chi connectivity index (χ1v) is 7.98. The number of nitrogens with one attached hydrogen (secondary N) is 2. The number of esters is 1. The predicted octanol–water partition coefficient (Wildman–Crippen LogP) is 3.56. The second-order valence-electron chi connectivity index (χ2n) is 5.69. The van der Waals surface area contributed by atoms with Gasteiger partial charge < -0.3 is 15.0 Å². The number of carbonyl (C=O) groups is 2. The fourth-order valence-corrected chi connectivity index (χ4v) is 2.57. The number of benzene rings is 2. The van der Waals surface area contributed by atoms with Crippen molar-refractivity contribution in [1.82, 2.24) is 4.98 Å². The molecule has 26 heavy (non-hydrogen) atoms. The topological polar surface area (TPSA) is 71.2 Å². The maximum Gasteiger partial charge on any atom is 0.306 e. The standard InChI is InChI=1S/C19H16F2N2O3/c20-13-6-7-15(21)17(9-13)23-18(24)11-26-19(25)8-5-12-10-22-16-4-2-1-3-14(12)16/h1-4,6-7,9-10,22H,5,8,11H2,(H,23,24). The van der Waals surface area contributed by atoms with Crippen LogP contribution in [0.3, 0.4) is 0 Å². The minimum Gasteiger partial charge on any atom is -0.456 e. The van der Waals surface area contributed by atoms with Crippen LogP contribution in [0.4, 0.5) is 14.5 Å². The molecule has 0 fully saturated rings. The number of aromatic amines is 1. The van der Waals surface area contributed by atoms with E-state index in [1.54, 1.807) is 0 Å². The summed E-state index contributed by atoms with van der Waals surface area (Å²) >= 11 is 0. The number of hydrogen-bond acceptors (Lipinski definition) is 3. The van der Waals surface area contributed by atoms with Crippen LogP contribution >= 0.6 is 0 Å². The predicted molar refractivity (Wildman–Crippen MR) is 92.6 cm³/mol. The fourth-order valence-electron chi connectivity index (χ4n) is 2.57. The summed E-state index contributed by atoms with van der Waals surface area (Å²) in [5, 5.41) is 3.19. The highest BCUT2D eigenvalue weighted by Crippen LogP contribution is 2.19. The maximum atomic E-state index is 13.4. The van der Waals surface area contributed by atoms with Crippen molar-refractivity contribution in [2.45, 2.75) is 12.8 Å². The van der Waals surface area contributed by atoms with Gasteiger partial charge in [0, 0.05) is 29.6 Å². The highest BCUT2D eigenvalue weighted by Gasteiger charge is 2.12. The highest BCUT2D eigenvalue weighted by molar-refractivity contribution is 5.93. The van der Waals surface area contributed by atoms with Gasteiger partial charge in [-0.3, -0.25) is 9.59 Å². The molecule has 3 aromatic rings. The number of rotatable bonds is 6. The summed E-state index contributed by atoms with van der Waals surface area (Å²) in [6.45, 7) is -0.567. The van der Waals surface area contributed by atoms with E-state index in [0.717, 1.165) is 34.7 Å². The molecule has 0 aliphatic heterocycles. The Morgan fingerprint density at radius 2 is 1.92 bits per heavy atom. The van der Waals surface area contributed by atoms with E-state index in [2.05, 4.69) is 10.3 Å². The van der Waals surface area contributed by atoms with Crippen LogP contribution in [-0.2, 0) is 20.7 Å². The molecule has 3 rings (SSSR count). The average Bonchev–Trinajstić information content (AvgIpc) is 3.04. The molecule has 0 unspecified atom stereocenters. The van der Waals surface area contributed by atoms with Gasteiger partial charge in [-0.15, -0.1) is 0 Å². The first kappa shape index (κ1) is 17.6. The summed E-state index contributed by atoms with van der Waals surface area (Å²) in [4.78, 5) is 26.6. The molecule has 5 nitrogen and oxygen atoms in total. The van der Waals surface area contributed by atoms with Gasteiger partial charge in [-0.25, -0.2) is 8.78 Å². The number of para-hydroxylation sites is 1. The van der Waals surface area contributed by atoms with E-state index in [9.17, 15) is 18.4 Å². The van der Waals surface area contributed by atoms with Crippen LogP contribution in [-0.4, -0.2) is 23.5 Å². The van der Waals surface area contributed by atoms with Gasteiger partial charge in [0.25, 0.3) is 5.91 Å². The SMILES string of the molecule is O=C(COC(=O)CCc1c[nH]c2ccccc12)Nc1cc(F)ccc1F. The van der Waals surface area contributed by atoms with Crippen LogP contribution in [0.25, 0.3) is 10.9 Å². The Morgan fingerprint density at radius 1 is 1.12 bits per heavy atom. The van der Waals surface area contributed by atoms with Crippen molar-refractivity contribution in [3.05, 3.63) is 65.9 Å². The number of aryl methyl sites for hydroxylation is 1. The third kappa shape index (κ3) is 4.24. The summed E-state index contributed by atoms with van der Waals surface area (Å²) in [7, 11) is 0. The summed E-state index contributed by atoms with van der Waals surface area (Å²) in [5.74, 6) is -2.75. The smallest absolute Gasteiger partial charge is 0.306 e. The van der Waals surface area contributed by atoms with Crippen LogP contribution in [0.2, 0.25) is 0 Å². The number of aromatic nitrogens is 1. The Morgan fingerprint density at radius 3 is 2.77 bits per heavy atom. The van der Waals surface area contributed by atoms with Gasteiger partial charge in [0.2, 0.25) is 0 Å². The molecule has 7 heteroatoms. The molecule has 0 aliphatic rings. The minimum absolute atomic E-state index is 0.101. The van der Waals surface area contributed by atoms with E-state index in [1.165, 1.54) is 0 Å². The summed E-state index contributed by atoms with van der Waals surface area (Å²) in [6.07, 6.45) is 2.39. The number of anilines is 1. The normalized spacial score (nSPS) is 10.7. The monoisotopic (exact) mass is 358 g/mol. The maximum absolute atomic E-state index is 13.4. The molecule has 0 bridgehead atoms. The van der Waals surface area contributed by atoms with Gasteiger partial charge in [-0.1, -0.05) is 18.2 Å². The van der Waals surface area contributed by atoms with Gasteiger partial charge in [-0.05, 0) is 30.2 Å². The Labute approximate surface area is 148 Å². The lowest BCUT2D eigenvalue weighted by Crippen LogP contribution is -2.21. The van der Waals surface area contributed by atoms with Crippen LogP contribution in [0.1, 0.15) is 12.0 Å². The second kappa shape index (κ2) is 7.77. The number of carbonyl (C=O) groups excluding carboxylic acids is 2. The van der Waals surface area contributed by atoms with Gasteiger partial charge in [0.1, 0.15) is 11.6 Å². The fraction of sp³-hybridized carbons (Fsp3) is 0.158. The van der Waals surface area contributed by atoms with Gasteiger partial charge >= 0.3 is 5.97 Å². The number of amides is 1. The van der Waals surface area contributed by atoms with Crippen LogP contribution in [0.5, 0.6) is 0 Å². The zero-order valence-electron chi connectivity index (χ0n) is 13.7. The van der Waals surface area contributed by atoms with Gasteiger partial charge in [0.15, 0.2) is 6.61 Å². The first-order valence-electron chi connectivity index (χ1n) is 7.98. The molecule has 0 aliphatic carbocycles. The first-order chi connectivity index (χ1) is 12.5. The molecule has 1 aromatic heterocycles. The molecule has 2 aromatic carbocycles. The van der Waals surface area contributed by atoms with Crippen molar-refractivity contribution in [2.24, 2.45) is 0 Å². The largest absolute Gasteiger partial charge is 0.456 e. The minimum atomic E-state index is -0.773. The number of H-pyrrole nitrogens is 1. The van der Waals surface area contributed by atoms with E-state index in [-0.39, 0.29) is 12.1 Å². The zero-order chi connectivity index (χ0) is 18.5. The van der Waals surface area contributed by atoms with E-state index in [1.807, 2.05) is 30.5 Å². The highest BCUT2D eigenvalue weighted by atomic mass is 19.1. The van der Waals surface area contributed by atoms with Crippen molar-refractivity contribution < 1.29 is 23.1 Å². The molecule has 0 saturated heterocycles. The number of hydrogen-bond donors (Lipinski definition) is 2. The van der Waals surface area contributed by atoms with Gasteiger partial charge in [-0.2, -0.15) is 0 Å². The summed E-state index contributed by atoms with van der Waals surface area (Å²) in [5.41, 5.74) is 1.65. The Bertz CT molecular complexity index is 953. The van der Waals surface area contributed by atoms with E-state index in [4.69, 9.17) is 4.74 Å². The molecule has 1 amide bonds. The molecule has 0 spiro atoms. The van der Waals surface area contributed by atoms with Crippen molar-refractivity contribution in [2.75, 3.05) is 11.9 Å². The lowest BCUT2D eigenvalue weighted by molar-refractivity contribution is -0.147. The molecule has 2 N–H and O–H groups in total. The van der Waals surface area contributed by atoms with E-state index < -0.39 is 30.1 Å². The third-order valence-electron chi connectivity index (χ3n) is 3.84. The molecule has 0 atom stereocenters. The second-order valence-corrected chi connectivity index (χ2v) is 5.69.